The molecule has 156 valence electrons. The molecule has 4 unspecified atom stereocenters. The van der Waals surface area contributed by atoms with E-state index >= 15 is 0 Å². The highest BCUT2D eigenvalue weighted by atomic mass is 32.2. The van der Waals surface area contributed by atoms with Gasteiger partial charge in [0, 0.05) is 0 Å². The van der Waals surface area contributed by atoms with Crippen molar-refractivity contribution in [3.8, 4) is 0 Å². The van der Waals surface area contributed by atoms with Crippen LogP contribution in [0.4, 0.5) is 0 Å². The Morgan fingerprint density at radius 3 is 1.93 bits per heavy atom. The van der Waals surface area contributed by atoms with Crippen molar-refractivity contribution in [2.24, 2.45) is 11.7 Å². The van der Waals surface area contributed by atoms with Crippen molar-refractivity contribution in [1.82, 2.24) is 16.0 Å². The lowest BCUT2D eigenvalue weighted by Crippen LogP contribution is -2.58. The Bertz CT molecular complexity index is 529. The summed E-state index contributed by atoms with van der Waals surface area (Å²) in [6.45, 7) is 4.07. The fraction of sp³-hybridized carbons (Fsp3) is 0.750. The molecule has 7 N–H and O–H groups in total. The maximum atomic E-state index is 12.6. The fourth-order valence-corrected chi connectivity index (χ4v) is 2.51. The summed E-state index contributed by atoms with van der Waals surface area (Å²) in [5.74, 6) is -2.94. The Morgan fingerprint density at radius 1 is 0.963 bits per heavy atom. The van der Waals surface area contributed by atoms with Crippen molar-refractivity contribution in [1.29, 1.82) is 0 Å². The number of hydrogen-bond acceptors (Lipinski definition) is 7. The summed E-state index contributed by atoms with van der Waals surface area (Å²) in [4.78, 5) is 47.8. The Kier molecular flexibility index (Phi) is 11.7. The fourth-order valence-electron chi connectivity index (χ4n) is 2.04. The van der Waals surface area contributed by atoms with Crippen LogP contribution >= 0.6 is 11.8 Å². The average Bonchev–Trinajstić information content (AvgIpc) is 2.59. The molecule has 0 heterocycles. The van der Waals surface area contributed by atoms with Crippen molar-refractivity contribution >= 4 is 35.5 Å². The van der Waals surface area contributed by atoms with Gasteiger partial charge in [0.15, 0.2) is 0 Å². The minimum atomic E-state index is -1.47. The normalized spacial score (nSPS) is 15.4. The number of aliphatic hydroxyl groups excluding tert-OH is 1. The van der Waals surface area contributed by atoms with Crippen LogP contribution in [0.25, 0.3) is 0 Å². The highest BCUT2D eigenvalue weighted by Crippen LogP contribution is 2.06. The molecule has 0 bridgehead atoms. The van der Waals surface area contributed by atoms with E-state index in [2.05, 4.69) is 16.0 Å². The molecule has 3 amide bonds. The molecule has 0 saturated carbocycles. The van der Waals surface area contributed by atoms with Crippen LogP contribution in [-0.4, -0.2) is 76.7 Å². The molecule has 0 aliphatic heterocycles. The van der Waals surface area contributed by atoms with Gasteiger partial charge in [-0.05, 0) is 31.3 Å². The van der Waals surface area contributed by atoms with Gasteiger partial charge in [0.25, 0.3) is 0 Å². The van der Waals surface area contributed by atoms with Crippen LogP contribution in [-0.2, 0) is 19.2 Å². The number of carboxylic acid groups (broad SMARTS) is 1. The lowest BCUT2D eigenvalue weighted by molar-refractivity contribution is -0.143. The minimum absolute atomic E-state index is 0.340. The van der Waals surface area contributed by atoms with Crippen LogP contribution in [0.2, 0.25) is 0 Å². The molecule has 0 aromatic rings. The van der Waals surface area contributed by atoms with Gasteiger partial charge >= 0.3 is 5.97 Å². The van der Waals surface area contributed by atoms with Gasteiger partial charge in [-0.15, -0.1) is 0 Å². The Labute approximate surface area is 163 Å². The Balaban J connectivity index is 5.20. The van der Waals surface area contributed by atoms with E-state index in [0.717, 1.165) is 0 Å². The van der Waals surface area contributed by atoms with Gasteiger partial charge in [0.05, 0.1) is 12.6 Å². The number of carbonyl (C=O) groups is 4. The van der Waals surface area contributed by atoms with E-state index in [1.165, 1.54) is 18.7 Å². The third kappa shape index (κ3) is 9.07. The first-order chi connectivity index (χ1) is 12.5. The van der Waals surface area contributed by atoms with Gasteiger partial charge in [0.2, 0.25) is 17.7 Å². The van der Waals surface area contributed by atoms with E-state index in [-0.39, 0.29) is 5.92 Å². The molecule has 0 spiro atoms. The molecule has 0 saturated heterocycles. The molecular weight excluding hydrogens is 376 g/mol. The number of carbonyl (C=O) groups excluding carboxylic acids is 3. The summed E-state index contributed by atoms with van der Waals surface area (Å²) in [5, 5.41) is 25.3. The highest BCUT2D eigenvalue weighted by Gasteiger charge is 2.31. The molecule has 27 heavy (non-hydrogen) atoms. The maximum Gasteiger partial charge on any atom is 0.328 e. The van der Waals surface area contributed by atoms with Gasteiger partial charge < -0.3 is 31.9 Å². The van der Waals surface area contributed by atoms with Crippen molar-refractivity contribution in [2.75, 3.05) is 18.6 Å². The number of thioether (sulfide) groups is 1. The monoisotopic (exact) mass is 406 g/mol. The third-order valence-electron chi connectivity index (χ3n) is 3.70. The van der Waals surface area contributed by atoms with Gasteiger partial charge in [-0.1, -0.05) is 13.8 Å². The molecular formula is C16H30N4O6S. The Morgan fingerprint density at radius 2 is 1.52 bits per heavy atom. The van der Waals surface area contributed by atoms with E-state index in [1.807, 2.05) is 6.26 Å². The number of nitrogens with one attached hydrogen (secondary N) is 3. The first kappa shape index (κ1) is 25.1. The van der Waals surface area contributed by atoms with Crippen LogP contribution in [0.5, 0.6) is 0 Å². The largest absolute Gasteiger partial charge is 0.480 e. The number of carboxylic acids is 1. The van der Waals surface area contributed by atoms with E-state index in [9.17, 15) is 19.2 Å². The van der Waals surface area contributed by atoms with Crippen LogP contribution in [0.3, 0.4) is 0 Å². The van der Waals surface area contributed by atoms with Crippen molar-refractivity contribution in [3.05, 3.63) is 0 Å². The molecule has 10 nitrogen and oxygen atoms in total. The topological polar surface area (TPSA) is 171 Å². The van der Waals surface area contributed by atoms with Gasteiger partial charge in [0.1, 0.15) is 18.1 Å². The minimum Gasteiger partial charge on any atom is -0.480 e. The molecule has 0 aromatic carbocycles. The number of aliphatic carboxylic acids is 1. The highest BCUT2D eigenvalue weighted by molar-refractivity contribution is 7.98. The molecule has 0 aromatic heterocycles. The summed E-state index contributed by atoms with van der Waals surface area (Å²) >= 11 is 1.49. The second-order valence-electron chi connectivity index (χ2n) is 6.44. The number of hydrogen-bond donors (Lipinski definition) is 6. The zero-order chi connectivity index (χ0) is 21.1. The predicted molar refractivity (Wildman–Crippen MR) is 102 cm³/mol. The summed E-state index contributed by atoms with van der Waals surface area (Å²) in [6.07, 6.45) is 2.19. The molecule has 0 fully saturated rings. The predicted octanol–water partition coefficient (Wildman–Crippen LogP) is -1.73. The molecule has 11 heteroatoms. The van der Waals surface area contributed by atoms with Crippen LogP contribution in [0.1, 0.15) is 27.2 Å². The van der Waals surface area contributed by atoms with E-state index in [4.69, 9.17) is 15.9 Å². The zero-order valence-electron chi connectivity index (χ0n) is 16.0. The smallest absolute Gasteiger partial charge is 0.328 e. The van der Waals surface area contributed by atoms with E-state index in [1.54, 1.807) is 13.8 Å². The number of aliphatic hydroxyl groups is 1. The first-order valence-electron chi connectivity index (χ1n) is 8.54. The third-order valence-corrected chi connectivity index (χ3v) is 4.35. The summed E-state index contributed by atoms with van der Waals surface area (Å²) in [7, 11) is 0. The molecule has 0 radical (unpaired) electrons. The lowest BCUT2D eigenvalue weighted by Gasteiger charge is -2.26. The quantitative estimate of drug-likeness (QED) is 0.222. The molecule has 0 aliphatic rings. The lowest BCUT2D eigenvalue weighted by atomic mass is 10.0. The summed E-state index contributed by atoms with van der Waals surface area (Å²) in [6, 6.07) is -4.17. The van der Waals surface area contributed by atoms with Crippen LogP contribution < -0.4 is 21.7 Å². The Hall–Kier alpha value is -1.85. The van der Waals surface area contributed by atoms with E-state index in [0.29, 0.717) is 12.2 Å². The van der Waals surface area contributed by atoms with Gasteiger partial charge in [-0.25, -0.2) is 4.79 Å². The van der Waals surface area contributed by atoms with Crippen LogP contribution in [0.15, 0.2) is 0 Å². The SMILES string of the molecule is CSCCC(NC(=O)C(C)N)C(=O)NC(C(=O)NC(CO)C(=O)O)C(C)C. The van der Waals surface area contributed by atoms with Crippen molar-refractivity contribution in [3.63, 3.8) is 0 Å². The van der Waals surface area contributed by atoms with Crippen LogP contribution in [0, 0.1) is 5.92 Å². The van der Waals surface area contributed by atoms with Crippen molar-refractivity contribution < 1.29 is 29.4 Å². The molecule has 0 rings (SSSR count). The summed E-state index contributed by atoms with van der Waals surface area (Å²) in [5.41, 5.74) is 5.52. The van der Waals surface area contributed by atoms with Gasteiger partial charge in [-0.3, -0.25) is 14.4 Å². The molecule has 0 aliphatic carbocycles. The van der Waals surface area contributed by atoms with E-state index < -0.39 is 54.5 Å². The summed E-state index contributed by atoms with van der Waals surface area (Å²) < 4.78 is 0. The van der Waals surface area contributed by atoms with Crippen molar-refractivity contribution in [2.45, 2.75) is 51.4 Å². The maximum absolute atomic E-state index is 12.6. The number of nitrogens with two attached hydrogens (primary N) is 1. The molecule has 4 atom stereocenters. The van der Waals surface area contributed by atoms with Gasteiger partial charge in [-0.2, -0.15) is 11.8 Å². The number of rotatable bonds is 12. The zero-order valence-corrected chi connectivity index (χ0v) is 16.8. The number of amides is 3. The average molecular weight is 407 g/mol. The first-order valence-corrected chi connectivity index (χ1v) is 9.93. The standard InChI is InChI=1S/C16H30N4O6S/c1-8(2)12(15(24)19-11(7-21)16(25)26)20-14(23)10(5-6-27-4)18-13(22)9(3)17/h8-12,21H,5-7,17H2,1-4H3,(H,18,22)(H,19,24)(H,20,23)(H,25,26). The second kappa shape index (κ2) is 12.5. The second-order valence-corrected chi connectivity index (χ2v) is 7.43.